The van der Waals surface area contributed by atoms with Gasteiger partial charge >= 0.3 is 0 Å². The second kappa shape index (κ2) is 18.3. The molecule has 0 unspecified atom stereocenters. The smallest absolute Gasteiger partial charge is 0.192 e. The summed E-state index contributed by atoms with van der Waals surface area (Å²) in [6.45, 7) is 17.3. The van der Waals surface area contributed by atoms with Crippen LogP contribution in [0.1, 0.15) is 37.5 Å². The fraction of sp³-hybridized carbons (Fsp3) is 0.548. The third-order valence-corrected chi connectivity index (χ3v) is 11.2. The van der Waals surface area contributed by atoms with E-state index in [9.17, 15) is 0 Å². The Morgan fingerprint density at radius 3 is 1.46 bits per heavy atom. The molecule has 0 aliphatic carbocycles. The van der Waals surface area contributed by atoms with Crippen LogP contribution in [0.5, 0.6) is 5.75 Å². The highest BCUT2D eigenvalue weighted by Crippen LogP contribution is 2.36. The molecular weight excluding hydrogens is 510 g/mol. The summed E-state index contributed by atoms with van der Waals surface area (Å²) in [5.74, 6) is 0.823. The lowest BCUT2D eigenvalue weighted by Gasteiger charge is -2.36. The zero-order chi connectivity index (χ0) is 28.4. The van der Waals surface area contributed by atoms with E-state index in [1.165, 1.54) is 0 Å². The van der Waals surface area contributed by atoms with Gasteiger partial charge in [-0.1, -0.05) is 69.3 Å². The van der Waals surface area contributed by atoms with Crippen LogP contribution < -0.4 is 10.5 Å². The summed E-state index contributed by atoms with van der Waals surface area (Å²) in [4.78, 5) is 0. The number of benzene rings is 2. The number of ether oxygens (including phenoxy) is 5. The predicted octanol–water partition coefficient (Wildman–Crippen LogP) is 5.78. The Bertz CT molecular complexity index is 926. The van der Waals surface area contributed by atoms with Crippen LogP contribution in [0.4, 0.5) is 0 Å². The molecule has 218 valence electrons. The second-order valence-electron chi connectivity index (χ2n) is 10.8. The number of hydrogen-bond acceptors (Lipinski definition) is 7. The quantitative estimate of drug-likeness (QED) is 0.125. The van der Waals surface area contributed by atoms with Crippen molar-refractivity contribution in [3.63, 3.8) is 0 Å². The molecule has 0 aliphatic rings. The van der Waals surface area contributed by atoms with Gasteiger partial charge in [0.1, 0.15) is 12.4 Å². The van der Waals surface area contributed by atoms with E-state index >= 15 is 0 Å². The van der Waals surface area contributed by atoms with Crippen molar-refractivity contribution in [3.8, 4) is 5.75 Å². The lowest BCUT2D eigenvalue weighted by atomic mass is 10.1. The minimum absolute atomic E-state index is 0.222. The van der Waals surface area contributed by atoms with E-state index in [0.717, 1.165) is 22.4 Å². The van der Waals surface area contributed by atoms with Crippen molar-refractivity contribution in [1.82, 2.24) is 0 Å². The van der Waals surface area contributed by atoms with Gasteiger partial charge in [-0.05, 0) is 47.0 Å². The monoisotopic (exact) mass is 559 g/mol. The summed E-state index contributed by atoms with van der Waals surface area (Å²) in [7, 11) is -1.69. The highest BCUT2D eigenvalue weighted by atomic mass is 28.4. The summed E-state index contributed by atoms with van der Waals surface area (Å²) in [5, 5.41) is 0.222. The van der Waals surface area contributed by atoms with Crippen molar-refractivity contribution in [1.29, 1.82) is 0 Å². The maximum Gasteiger partial charge on any atom is 0.192 e. The van der Waals surface area contributed by atoms with Crippen LogP contribution in [-0.4, -0.2) is 74.4 Å². The first-order valence-corrected chi connectivity index (χ1v) is 16.8. The molecule has 2 rings (SSSR count). The number of rotatable bonds is 20. The van der Waals surface area contributed by atoms with Gasteiger partial charge in [-0.15, -0.1) is 0 Å². The van der Waals surface area contributed by atoms with Gasteiger partial charge in [-0.3, -0.25) is 0 Å². The first-order valence-electron chi connectivity index (χ1n) is 13.9. The molecule has 0 atom stereocenters. The van der Waals surface area contributed by atoms with Gasteiger partial charge in [0.15, 0.2) is 8.32 Å². The number of hydrogen-bond donors (Lipinski definition) is 1. The zero-order valence-corrected chi connectivity index (χ0v) is 25.6. The van der Waals surface area contributed by atoms with E-state index in [0.29, 0.717) is 72.6 Å². The van der Waals surface area contributed by atoms with Crippen LogP contribution in [0.3, 0.4) is 0 Å². The Kier molecular flexibility index (Phi) is 15.6. The van der Waals surface area contributed by atoms with Gasteiger partial charge in [0.2, 0.25) is 0 Å². The van der Waals surface area contributed by atoms with E-state index in [1.807, 2.05) is 36.4 Å². The summed E-state index contributed by atoms with van der Waals surface area (Å²) in [6, 6.07) is 16.2. The molecule has 0 saturated heterocycles. The Morgan fingerprint density at radius 1 is 0.615 bits per heavy atom. The van der Waals surface area contributed by atoms with Crippen molar-refractivity contribution in [2.75, 3.05) is 66.1 Å². The maximum atomic E-state index is 6.08. The van der Waals surface area contributed by atoms with E-state index in [4.69, 9.17) is 33.8 Å². The van der Waals surface area contributed by atoms with Gasteiger partial charge in [0, 0.05) is 6.54 Å². The van der Waals surface area contributed by atoms with Gasteiger partial charge in [0.05, 0.1) is 59.5 Å². The van der Waals surface area contributed by atoms with Crippen LogP contribution in [-0.2, 0) is 29.9 Å². The minimum Gasteiger partial charge on any atom is -0.491 e. The SMILES string of the molecule is CC(C)(C)[Si](C)(C)OCCOCCOCCOCCOCCOc1ccc(/C=C/c2ccc(CN)cc2)cc1. The Labute approximate surface area is 236 Å². The largest absolute Gasteiger partial charge is 0.491 e. The molecule has 0 radical (unpaired) electrons. The topological polar surface area (TPSA) is 81.4 Å². The lowest BCUT2D eigenvalue weighted by Crippen LogP contribution is -2.41. The average Bonchev–Trinajstić information content (AvgIpc) is 2.92. The number of nitrogens with two attached hydrogens (primary N) is 1. The van der Waals surface area contributed by atoms with Gasteiger partial charge < -0.3 is 33.8 Å². The fourth-order valence-corrected chi connectivity index (χ4v) is 4.21. The van der Waals surface area contributed by atoms with E-state index in [2.05, 4.69) is 58.2 Å². The molecule has 0 fully saturated rings. The molecule has 0 heterocycles. The first kappa shape index (κ1) is 33.2. The van der Waals surface area contributed by atoms with Crippen LogP contribution in [0, 0.1) is 0 Å². The molecule has 0 amide bonds. The molecule has 0 aliphatic heterocycles. The van der Waals surface area contributed by atoms with Crippen LogP contribution in [0.15, 0.2) is 48.5 Å². The molecule has 39 heavy (non-hydrogen) atoms. The van der Waals surface area contributed by atoms with Crippen molar-refractivity contribution in [2.45, 2.75) is 45.4 Å². The molecule has 0 spiro atoms. The van der Waals surface area contributed by atoms with Gasteiger partial charge in [-0.25, -0.2) is 0 Å². The fourth-order valence-electron chi connectivity index (χ4n) is 3.18. The summed E-state index contributed by atoms with van der Waals surface area (Å²) in [5.41, 5.74) is 9.03. The summed E-state index contributed by atoms with van der Waals surface area (Å²) < 4.78 is 34.1. The maximum absolute atomic E-state index is 6.08. The van der Waals surface area contributed by atoms with Crippen molar-refractivity contribution < 1.29 is 28.1 Å². The van der Waals surface area contributed by atoms with Crippen LogP contribution in [0.2, 0.25) is 18.1 Å². The lowest BCUT2D eigenvalue weighted by molar-refractivity contribution is -0.00737. The first-order chi connectivity index (χ1) is 18.7. The van der Waals surface area contributed by atoms with Crippen LogP contribution in [0.25, 0.3) is 12.2 Å². The molecule has 8 heteroatoms. The van der Waals surface area contributed by atoms with E-state index in [1.54, 1.807) is 0 Å². The average molecular weight is 560 g/mol. The van der Waals surface area contributed by atoms with Crippen molar-refractivity contribution in [3.05, 3.63) is 65.2 Å². The van der Waals surface area contributed by atoms with Gasteiger partial charge in [-0.2, -0.15) is 0 Å². The normalized spacial score (nSPS) is 12.4. The zero-order valence-electron chi connectivity index (χ0n) is 24.6. The summed E-state index contributed by atoms with van der Waals surface area (Å²) >= 11 is 0. The molecule has 0 saturated carbocycles. The van der Waals surface area contributed by atoms with Crippen molar-refractivity contribution >= 4 is 20.5 Å². The molecule has 2 aromatic rings. The minimum atomic E-state index is -1.69. The van der Waals surface area contributed by atoms with Gasteiger partial charge in [0.25, 0.3) is 0 Å². The molecule has 2 N–H and O–H groups in total. The Balaban J connectivity index is 1.39. The van der Waals surface area contributed by atoms with Crippen molar-refractivity contribution in [2.24, 2.45) is 5.73 Å². The van der Waals surface area contributed by atoms with E-state index < -0.39 is 8.32 Å². The van der Waals surface area contributed by atoms with E-state index in [-0.39, 0.29) is 5.04 Å². The predicted molar refractivity (Wildman–Crippen MR) is 162 cm³/mol. The molecule has 2 aromatic carbocycles. The highest BCUT2D eigenvalue weighted by molar-refractivity contribution is 6.74. The Morgan fingerprint density at radius 2 is 1.03 bits per heavy atom. The summed E-state index contributed by atoms with van der Waals surface area (Å²) in [6.07, 6.45) is 4.16. The third kappa shape index (κ3) is 14.2. The third-order valence-electron chi connectivity index (χ3n) is 6.67. The van der Waals surface area contributed by atoms with Crippen LogP contribution >= 0.6 is 0 Å². The standard InChI is InChI=1S/C31H49NO6Si/c1-31(2,3)39(4,5)38-25-23-36-21-19-34-17-16-33-18-20-35-22-24-37-30-14-12-28(13-15-30)7-6-27-8-10-29(26-32)11-9-27/h6-15H,16-26,32H2,1-5H3/b7-6+. The molecular formula is C31H49NO6Si. The molecule has 7 nitrogen and oxygen atoms in total. The molecule has 0 aromatic heterocycles. The second-order valence-corrected chi connectivity index (χ2v) is 15.6. The Hall–Kier alpha value is -2.04. The highest BCUT2D eigenvalue weighted by Gasteiger charge is 2.36. The molecule has 0 bridgehead atoms.